The number of carbonyl (C=O) groups excluding carboxylic acids is 1. The molecule has 6 nitrogen and oxygen atoms in total. The summed E-state index contributed by atoms with van der Waals surface area (Å²) in [5.41, 5.74) is 1.15. The number of hydrogen-bond acceptors (Lipinski definition) is 5. The molecule has 2 aromatic rings. The number of nitrogens with zero attached hydrogens (tertiary/aromatic N) is 1. The fourth-order valence-corrected chi connectivity index (χ4v) is 5.41. The van der Waals surface area contributed by atoms with E-state index in [9.17, 15) is 26.4 Å². The van der Waals surface area contributed by atoms with Gasteiger partial charge in [-0.3, -0.25) is 9.69 Å². The molecule has 192 valence electrons. The van der Waals surface area contributed by atoms with Crippen LogP contribution in [0.4, 0.5) is 13.2 Å². The summed E-state index contributed by atoms with van der Waals surface area (Å²) in [4.78, 5) is 15.0. The molecule has 1 saturated heterocycles. The molecule has 35 heavy (non-hydrogen) atoms. The molecule has 0 aromatic heterocycles. The number of carbonyl (C=O) groups is 1. The summed E-state index contributed by atoms with van der Waals surface area (Å²) in [6.07, 6.45) is -1.86. The maximum atomic E-state index is 13.2. The normalized spacial score (nSPS) is 15.1. The summed E-state index contributed by atoms with van der Waals surface area (Å²) < 4.78 is 68.5. The summed E-state index contributed by atoms with van der Waals surface area (Å²) in [5, 5.41) is 2.88. The number of benzene rings is 2. The number of alkyl halides is 3. The molecule has 1 amide bonds. The van der Waals surface area contributed by atoms with Crippen LogP contribution in [0.1, 0.15) is 53.2 Å². The van der Waals surface area contributed by atoms with Gasteiger partial charge in [-0.25, -0.2) is 8.42 Å². The van der Waals surface area contributed by atoms with Gasteiger partial charge in [-0.2, -0.15) is 0 Å². The first-order valence-electron chi connectivity index (χ1n) is 11.3. The molecule has 3 rings (SSSR count). The first-order valence-corrected chi connectivity index (χ1v) is 13.3. The van der Waals surface area contributed by atoms with E-state index in [2.05, 4.69) is 15.0 Å². The zero-order valence-corrected chi connectivity index (χ0v) is 21.1. The average Bonchev–Trinajstić information content (AvgIpc) is 2.79. The predicted octanol–water partition coefficient (Wildman–Crippen LogP) is 5.26. The van der Waals surface area contributed by atoms with Crippen molar-refractivity contribution in [3.63, 3.8) is 0 Å². The van der Waals surface area contributed by atoms with Crippen molar-refractivity contribution in [2.45, 2.75) is 57.5 Å². The average molecular weight is 533 g/mol. The molecule has 1 aliphatic rings. The van der Waals surface area contributed by atoms with E-state index >= 15 is 0 Å². The lowest BCUT2D eigenvalue weighted by Crippen LogP contribution is -2.30. The minimum absolute atomic E-state index is 0.0222. The molecular formula is C24H28ClF3N2O4S. The standard InChI is InChI=1S/C24H28ClF3N2O4S/c1-3-35(32,33)22-8-7-19(25)12-18(22)14-29-23(31)17-11-16(2)20(15-30-9-5-4-6-10-30)21(13-17)34-24(26,27)28/h7-8,11-13H,3-6,9-10,14-15H2,1-2H3,(H,29,31). The van der Waals surface area contributed by atoms with Crippen LogP contribution in [0.2, 0.25) is 5.02 Å². The first-order chi connectivity index (χ1) is 16.4. The highest BCUT2D eigenvalue weighted by atomic mass is 35.5. The molecule has 0 saturated carbocycles. The van der Waals surface area contributed by atoms with Crippen LogP contribution in [0.5, 0.6) is 5.75 Å². The molecule has 0 atom stereocenters. The predicted molar refractivity (Wildman–Crippen MR) is 127 cm³/mol. The van der Waals surface area contributed by atoms with E-state index < -0.39 is 27.9 Å². The maximum Gasteiger partial charge on any atom is 0.573 e. The Hall–Kier alpha value is -2.30. The van der Waals surface area contributed by atoms with Gasteiger partial charge in [-0.1, -0.05) is 24.9 Å². The molecule has 0 bridgehead atoms. The number of piperidine rings is 1. The van der Waals surface area contributed by atoms with Crippen LogP contribution < -0.4 is 10.1 Å². The Morgan fingerprint density at radius 1 is 1.14 bits per heavy atom. The van der Waals surface area contributed by atoms with Crippen molar-refractivity contribution in [3.8, 4) is 5.75 Å². The highest BCUT2D eigenvalue weighted by Gasteiger charge is 2.33. The molecular weight excluding hydrogens is 505 g/mol. The summed E-state index contributed by atoms with van der Waals surface area (Å²) in [6.45, 7) is 4.84. The summed E-state index contributed by atoms with van der Waals surface area (Å²) in [6, 6.07) is 6.85. The summed E-state index contributed by atoms with van der Waals surface area (Å²) >= 11 is 6.01. The number of likely N-dealkylation sites (tertiary alicyclic amines) is 1. The van der Waals surface area contributed by atoms with Crippen LogP contribution in [-0.2, 0) is 22.9 Å². The molecule has 1 N–H and O–H groups in total. The number of sulfone groups is 1. The SMILES string of the molecule is CCS(=O)(=O)c1ccc(Cl)cc1CNC(=O)c1cc(C)c(CN2CCCCC2)c(OC(F)(F)F)c1. The Labute approximate surface area is 208 Å². The van der Waals surface area contributed by atoms with Gasteiger partial charge in [-0.15, -0.1) is 13.2 Å². The van der Waals surface area contributed by atoms with Gasteiger partial charge >= 0.3 is 6.36 Å². The van der Waals surface area contributed by atoms with E-state index in [1.54, 1.807) is 6.92 Å². The van der Waals surface area contributed by atoms with Crippen molar-refractivity contribution in [2.75, 3.05) is 18.8 Å². The van der Waals surface area contributed by atoms with Crippen molar-refractivity contribution >= 4 is 27.3 Å². The Morgan fingerprint density at radius 2 is 1.83 bits per heavy atom. The Balaban J connectivity index is 1.87. The van der Waals surface area contributed by atoms with Gasteiger partial charge in [0.25, 0.3) is 5.91 Å². The van der Waals surface area contributed by atoms with Crippen molar-refractivity contribution in [1.82, 2.24) is 10.2 Å². The van der Waals surface area contributed by atoms with E-state index in [0.29, 0.717) is 22.7 Å². The van der Waals surface area contributed by atoms with Crippen molar-refractivity contribution < 1.29 is 31.1 Å². The lowest BCUT2D eigenvalue weighted by molar-refractivity contribution is -0.275. The molecule has 0 unspecified atom stereocenters. The van der Waals surface area contributed by atoms with Gasteiger partial charge in [0.05, 0.1) is 10.6 Å². The number of nitrogens with one attached hydrogen (secondary N) is 1. The zero-order chi connectivity index (χ0) is 25.8. The van der Waals surface area contributed by atoms with Crippen molar-refractivity contribution in [3.05, 3.63) is 57.6 Å². The third-order valence-corrected chi connectivity index (χ3v) is 7.99. The van der Waals surface area contributed by atoms with Gasteiger partial charge in [0.2, 0.25) is 0 Å². The highest BCUT2D eigenvalue weighted by molar-refractivity contribution is 7.91. The zero-order valence-electron chi connectivity index (χ0n) is 19.5. The van der Waals surface area contributed by atoms with Crippen molar-refractivity contribution in [1.29, 1.82) is 0 Å². The van der Waals surface area contributed by atoms with Crippen LogP contribution in [-0.4, -0.2) is 44.4 Å². The Bertz CT molecular complexity index is 1180. The first kappa shape index (κ1) is 27.3. The van der Waals surface area contributed by atoms with Crippen LogP contribution in [0.15, 0.2) is 35.2 Å². The van der Waals surface area contributed by atoms with E-state index in [4.69, 9.17) is 11.6 Å². The van der Waals surface area contributed by atoms with Gasteiger partial charge in [-0.05, 0) is 74.3 Å². The van der Waals surface area contributed by atoms with Gasteiger partial charge in [0.1, 0.15) is 5.75 Å². The quantitative estimate of drug-likeness (QED) is 0.502. The fourth-order valence-electron chi connectivity index (χ4n) is 4.10. The molecule has 1 aliphatic heterocycles. The van der Waals surface area contributed by atoms with Crippen LogP contribution in [0.25, 0.3) is 0 Å². The molecule has 1 fully saturated rings. The van der Waals surface area contributed by atoms with E-state index in [0.717, 1.165) is 38.4 Å². The number of aryl methyl sites for hydroxylation is 1. The lowest BCUT2D eigenvalue weighted by atomic mass is 10.0. The van der Waals surface area contributed by atoms with Crippen LogP contribution in [0, 0.1) is 6.92 Å². The highest BCUT2D eigenvalue weighted by Crippen LogP contribution is 2.32. The molecule has 11 heteroatoms. The third-order valence-electron chi connectivity index (χ3n) is 5.93. The molecule has 0 radical (unpaired) electrons. The summed E-state index contributed by atoms with van der Waals surface area (Å²) in [5.74, 6) is -1.21. The fraction of sp³-hybridized carbons (Fsp3) is 0.458. The monoisotopic (exact) mass is 532 g/mol. The molecule has 1 heterocycles. The second-order valence-corrected chi connectivity index (χ2v) is 11.2. The number of amides is 1. The minimum atomic E-state index is -4.91. The number of hydrogen-bond donors (Lipinski definition) is 1. The van der Waals surface area contributed by atoms with Crippen LogP contribution in [0.3, 0.4) is 0 Å². The Kier molecular flexibility index (Phi) is 8.72. The van der Waals surface area contributed by atoms with E-state index in [1.165, 1.54) is 31.2 Å². The van der Waals surface area contributed by atoms with Crippen LogP contribution >= 0.6 is 11.6 Å². The van der Waals surface area contributed by atoms with Crippen molar-refractivity contribution in [2.24, 2.45) is 0 Å². The summed E-state index contributed by atoms with van der Waals surface area (Å²) in [7, 11) is -3.57. The number of rotatable bonds is 8. The topological polar surface area (TPSA) is 75.7 Å². The number of halogens is 4. The van der Waals surface area contributed by atoms with E-state index in [1.807, 2.05) is 0 Å². The molecule has 2 aromatic carbocycles. The smallest absolute Gasteiger partial charge is 0.405 e. The second-order valence-electron chi connectivity index (χ2n) is 8.49. The number of ether oxygens (including phenoxy) is 1. The maximum absolute atomic E-state index is 13.2. The van der Waals surface area contributed by atoms with Gasteiger partial charge in [0, 0.05) is 29.2 Å². The van der Waals surface area contributed by atoms with Gasteiger partial charge < -0.3 is 10.1 Å². The van der Waals surface area contributed by atoms with E-state index in [-0.39, 0.29) is 28.3 Å². The second kappa shape index (κ2) is 11.2. The minimum Gasteiger partial charge on any atom is -0.405 e. The lowest BCUT2D eigenvalue weighted by Gasteiger charge is -2.28. The molecule has 0 spiro atoms. The Morgan fingerprint density at radius 3 is 2.46 bits per heavy atom. The third kappa shape index (κ3) is 7.35. The molecule has 0 aliphatic carbocycles. The van der Waals surface area contributed by atoms with Gasteiger partial charge in [0.15, 0.2) is 9.84 Å². The largest absolute Gasteiger partial charge is 0.573 e.